The average molecular weight is 386 g/mol. The van der Waals surface area contributed by atoms with Crippen LogP contribution >= 0.6 is 22.6 Å². The first-order chi connectivity index (χ1) is 9.28. The second-order valence-electron chi connectivity index (χ2n) is 6.59. The highest BCUT2D eigenvalue weighted by molar-refractivity contribution is 14.1. The molecule has 1 aliphatic heterocycles. The molecule has 0 unspecified atom stereocenters. The lowest BCUT2D eigenvalue weighted by atomic mass is 9.78. The van der Waals surface area contributed by atoms with Crippen LogP contribution in [-0.2, 0) is 9.31 Å². The maximum Gasteiger partial charge on any atom is 0.498 e. The standard InChI is InChI=1S/C15H20BIO3/c1-14(2)15(3,4)20-16(19-14)12-9-10(17)5-8-13(12)18-11-6-7-11/h5,8-9,11H,6-7H2,1-4H3. The molecule has 5 heteroatoms. The van der Waals surface area contributed by atoms with Crippen molar-refractivity contribution in [3.05, 3.63) is 21.8 Å². The monoisotopic (exact) mass is 386 g/mol. The van der Waals surface area contributed by atoms with Gasteiger partial charge in [-0.25, -0.2) is 0 Å². The van der Waals surface area contributed by atoms with Gasteiger partial charge in [0.1, 0.15) is 5.75 Å². The van der Waals surface area contributed by atoms with Gasteiger partial charge in [-0.3, -0.25) is 0 Å². The summed E-state index contributed by atoms with van der Waals surface area (Å²) < 4.78 is 19.4. The molecule has 1 aromatic rings. The summed E-state index contributed by atoms with van der Waals surface area (Å²) in [5.74, 6) is 0.895. The van der Waals surface area contributed by atoms with Crippen LogP contribution in [0.5, 0.6) is 5.75 Å². The van der Waals surface area contributed by atoms with Gasteiger partial charge in [-0.15, -0.1) is 0 Å². The predicted molar refractivity (Wildman–Crippen MR) is 88.5 cm³/mol. The smallest absolute Gasteiger partial charge is 0.491 e. The molecule has 0 spiro atoms. The van der Waals surface area contributed by atoms with E-state index in [9.17, 15) is 0 Å². The number of halogens is 1. The maximum absolute atomic E-state index is 6.14. The van der Waals surface area contributed by atoms with Crippen LogP contribution in [-0.4, -0.2) is 24.4 Å². The van der Waals surface area contributed by atoms with Gasteiger partial charge in [0.15, 0.2) is 0 Å². The van der Waals surface area contributed by atoms with E-state index in [-0.39, 0.29) is 18.3 Å². The van der Waals surface area contributed by atoms with Gasteiger partial charge in [-0.1, -0.05) is 0 Å². The molecule has 1 heterocycles. The highest BCUT2D eigenvalue weighted by atomic mass is 127. The minimum absolute atomic E-state index is 0.324. The van der Waals surface area contributed by atoms with Crippen LogP contribution in [0.2, 0.25) is 0 Å². The van der Waals surface area contributed by atoms with Crippen LogP contribution in [0.4, 0.5) is 0 Å². The Kier molecular flexibility index (Phi) is 3.58. The van der Waals surface area contributed by atoms with E-state index in [1.54, 1.807) is 0 Å². The zero-order valence-electron chi connectivity index (χ0n) is 12.4. The Morgan fingerprint density at radius 2 is 1.75 bits per heavy atom. The van der Waals surface area contributed by atoms with E-state index in [2.05, 4.69) is 62.4 Å². The third-order valence-corrected chi connectivity index (χ3v) is 4.97. The van der Waals surface area contributed by atoms with Crippen molar-refractivity contribution in [3.63, 3.8) is 0 Å². The molecule has 0 bridgehead atoms. The number of benzene rings is 1. The van der Waals surface area contributed by atoms with Crippen molar-refractivity contribution in [1.82, 2.24) is 0 Å². The second-order valence-corrected chi connectivity index (χ2v) is 7.83. The van der Waals surface area contributed by atoms with Gasteiger partial charge in [-0.2, -0.15) is 0 Å². The predicted octanol–water partition coefficient (Wildman–Crippen LogP) is 3.13. The van der Waals surface area contributed by atoms with E-state index in [4.69, 9.17) is 14.0 Å². The fraction of sp³-hybridized carbons (Fsp3) is 0.600. The lowest BCUT2D eigenvalue weighted by Gasteiger charge is -2.32. The topological polar surface area (TPSA) is 27.7 Å². The molecule has 0 amide bonds. The Bertz CT molecular complexity index is 510. The molecule has 1 aliphatic carbocycles. The van der Waals surface area contributed by atoms with Gasteiger partial charge in [0.2, 0.25) is 0 Å². The summed E-state index contributed by atoms with van der Waals surface area (Å²) in [6, 6.07) is 6.19. The average Bonchev–Trinajstić information content (AvgIpc) is 3.10. The molecule has 0 aromatic heterocycles. The number of ether oxygens (including phenoxy) is 1. The Morgan fingerprint density at radius 3 is 2.30 bits per heavy atom. The van der Waals surface area contributed by atoms with E-state index in [0.29, 0.717) is 6.10 Å². The Labute approximate surface area is 134 Å². The first-order valence-corrected chi connectivity index (χ1v) is 8.18. The molecule has 2 aliphatic rings. The van der Waals surface area contributed by atoms with Crippen LogP contribution in [0.3, 0.4) is 0 Å². The zero-order chi connectivity index (χ0) is 14.5. The summed E-state index contributed by atoms with van der Waals surface area (Å²) in [4.78, 5) is 0. The van der Waals surface area contributed by atoms with Gasteiger partial charge in [-0.05, 0) is 81.3 Å². The van der Waals surface area contributed by atoms with E-state index < -0.39 is 0 Å². The Hall–Kier alpha value is -0.265. The molecule has 0 radical (unpaired) electrons. The van der Waals surface area contributed by atoms with E-state index in [1.165, 1.54) is 0 Å². The normalized spacial score (nSPS) is 23.9. The van der Waals surface area contributed by atoms with Gasteiger partial charge in [0.25, 0.3) is 0 Å². The molecular weight excluding hydrogens is 366 g/mol. The summed E-state index contributed by atoms with van der Waals surface area (Å²) >= 11 is 2.31. The lowest BCUT2D eigenvalue weighted by molar-refractivity contribution is 0.00578. The van der Waals surface area contributed by atoms with Crippen molar-refractivity contribution in [2.24, 2.45) is 0 Å². The van der Waals surface area contributed by atoms with Crippen molar-refractivity contribution >= 4 is 35.2 Å². The lowest BCUT2D eigenvalue weighted by Crippen LogP contribution is -2.41. The highest BCUT2D eigenvalue weighted by Gasteiger charge is 2.52. The minimum Gasteiger partial charge on any atom is -0.491 e. The number of hydrogen-bond acceptors (Lipinski definition) is 3. The number of rotatable bonds is 3. The molecule has 3 nitrogen and oxygen atoms in total. The van der Waals surface area contributed by atoms with Crippen LogP contribution in [0, 0.1) is 3.57 Å². The quantitative estimate of drug-likeness (QED) is 0.591. The maximum atomic E-state index is 6.14. The van der Waals surface area contributed by atoms with Gasteiger partial charge in [0.05, 0.1) is 17.3 Å². The van der Waals surface area contributed by atoms with E-state index in [0.717, 1.165) is 27.6 Å². The van der Waals surface area contributed by atoms with Crippen molar-refractivity contribution in [3.8, 4) is 5.75 Å². The fourth-order valence-electron chi connectivity index (χ4n) is 2.15. The summed E-state index contributed by atoms with van der Waals surface area (Å²) in [6.45, 7) is 8.29. The van der Waals surface area contributed by atoms with Crippen molar-refractivity contribution < 1.29 is 14.0 Å². The molecule has 0 N–H and O–H groups in total. The molecule has 20 heavy (non-hydrogen) atoms. The Morgan fingerprint density at radius 1 is 1.15 bits per heavy atom. The Balaban J connectivity index is 1.91. The molecule has 1 aromatic carbocycles. The second kappa shape index (κ2) is 4.88. The van der Waals surface area contributed by atoms with Crippen LogP contribution in [0.1, 0.15) is 40.5 Å². The molecule has 1 saturated heterocycles. The molecular formula is C15H20BIO3. The largest absolute Gasteiger partial charge is 0.498 e. The molecule has 0 atom stereocenters. The first kappa shape index (κ1) is 14.7. The zero-order valence-corrected chi connectivity index (χ0v) is 14.6. The summed E-state index contributed by atoms with van der Waals surface area (Å²) in [5.41, 5.74) is 0.355. The summed E-state index contributed by atoms with van der Waals surface area (Å²) in [7, 11) is -0.358. The van der Waals surface area contributed by atoms with Crippen LogP contribution in [0.15, 0.2) is 18.2 Å². The third kappa shape index (κ3) is 2.72. The SMILES string of the molecule is CC1(C)OB(c2cc(I)ccc2OC2CC2)OC1(C)C. The van der Waals surface area contributed by atoms with Crippen LogP contribution in [0.25, 0.3) is 0 Å². The van der Waals surface area contributed by atoms with Crippen molar-refractivity contribution in [1.29, 1.82) is 0 Å². The van der Waals surface area contributed by atoms with Crippen molar-refractivity contribution in [2.75, 3.05) is 0 Å². The highest BCUT2D eigenvalue weighted by Crippen LogP contribution is 2.37. The molecule has 108 valence electrons. The van der Waals surface area contributed by atoms with Gasteiger partial charge >= 0.3 is 7.12 Å². The van der Waals surface area contributed by atoms with E-state index >= 15 is 0 Å². The summed E-state index contributed by atoms with van der Waals surface area (Å²) in [6.07, 6.45) is 2.67. The minimum atomic E-state index is -0.358. The van der Waals surface area contributed by atoms with E-state index in [1.807, 2.05) is 6.07 Å². The van der Waals surface area contributed by atoms with Crippen molar-refractivity contribution in [2.45, 2.75) is 57.8 Å². The van der Waals surface area contributed by atoms with Gasteiger partial charge in [0, 0.05) is 9.03 Å². The molecule has 1 saturated carbocycles. The van der Waals surface area contributed by atoms with Gasteiger partial charge < -0.3 is 14.0 Å². The number of hydrogen-bond donors (Lipinski definition) is 0. The summed E-state index contributed by atoms with van der Waals surface area (Å²) in [5, 5.41) is 0. The fourth-order valence-corrected chi connectivity index (χ4v) is 2.66. The first-order valence-electron chi connectivity index (χ1n) is 7.10. The third-order valence-electron chi connectivity index (χ3n) is 4.30. The molecule has 2 fully saturated rings. The molecule has 3 rings (SSSR count). The van der Waals surface area contributed by atoms with Crippen LogP contribution < -0.4 is 10.2 Å².